The summed E-state index contributed by atoms with van der Waals surface area (Å²) >= 11 is 0. The number of rotatable bonds is 9. The van der Waals surface area contributed by atoms with Crippen LogP contribution in [0.3, 0.4) is 0 Å². The molecule has 8 rings (SSSR count). The number of hydrogen-bond donors (Lipinski definition) is 4. The maximum absolute atomic E-state index is 13.6. The van der Waals surface area contributed by atoms with Gasteiger partial charge in [0.05, 0.1) is 49.2 Å². The number of hydrogen-bond acceptors (Lipinski definition) is 8. The van der Waals surface area contributed by atoms with Crippen molar-refractivity contribution in [1.29, 1.82) is 0 Å². The van der Waals surface area contributed by atoms with E-state index in [1.54, 1.807) is 6.20 Å². The zero-order valence-corrected chi connectivity index (χ0v) is 30.4. The van der Waals surface area contributed by atoms with E-state index in [1.165, 1.54) is 14.2 Å². The van der Waals surface area contributed by atoms with Gasteiger partial charge >= 0.3 is 12.2 Å². The van der Waals surface area contributed by atoms with E-state index in [9.17, 15) is 19.2 Å². The number of aromatic amines is 2. The normalized spacial score (nSPS) is 20.6. The molecule has 4 amide bonds. The number of carbonyl (C=O) groups is 4. The van der Waals surface area contributed by atoms with Crippen molar-refractivity contribution in [3.05, 3.63) is 71.4 Å². The Morgan fingerprint density at radius 2 is 1.30 bits per heavy atom. The lowest BCUT2D eigenvalue weighted by Crippen LogP contribution is -2.49. The van der Waals surface area contributed by atoms with Gasteiger partial charge in [0, 0.05) is 24.2 Å². The van der Waals surface area contributed by atoms with E-state index >= 15 is 0 Å². The van der Waals surface area contributed by atoms with Crippen LogP contribution in [-0.2, 0) is 19.1 Å². The van der Waals surface area contributed by atoms with Gasteiger partial charge in [0.2, 0.25) is 11.8 Å². The Bertz CT molecular complexity index is 2120. The zero-order chi connectivity index (χ0) is 37.3. The van der Waals surface area contributed by atoms with Gasteiger partial charge in [-0.3, -0.25) is 9.59 Å². The molecule has 2 aliphatic carbocycles. The monoisotopic (exact) mass is 732 g/mol. The highest BCUT2D eigenvalue weighted by Crippen LogP contribution is 2.39. The molecule has 0 bridgehead atoms. The number of amides is 4. The molecule has 14 nitrogen and oxygen atoms in total. The van der Waals surface area contributed by atoms with Crippen molar-refractivity contribution < 1.29 is 28.7 Å². The molecule has 14 heteroatoms. The second-order valence-corrected chi connectivity index (χ2v) is 14.6. The fourth-order valence-corrected chi connectivity index (χ4v) is 7.78. The molecule has 2 aliphatic heterocycles. The zero-order valence-electron chi connectivity index (χ0n) is 30.4. The summed E-state index contributed by atoms with van der Waals surface area (Å²) in [6, 6.07) is 12.2. The molecule has 2 saturated carbocycles. The van der Waals surface area contributed by atoms with Crippen molar-refractivity contribution in [3.8, 4) is 23.1 Å². The molecular formula is C40H44N8O6. The highest BCUT2D eigenvalue weighted by Gasteiger charge is 2.44. The first-order chi connectivity index (χ1) is 26.3. The first kappa shape index (κ1) is 35.2. The number of likely N-dealkylation sites (tertiary alicyclic amines) is 2. The summed E-state index contributed by atoms with van der Waals surface area (Å²) in [4.78, 5) is 71.1. The number of nitrogens with one attached hydrogen (secondary N) is 4. The number of alkyl carbamates (subject to hydrolysis) is 2. The summed E-state index contributed by atoms with van der Waals surface area (Å²) in [6.45, 7) is 1.23. The van der Waals surface area contributed by atoms with Gasteiger partial charge in [-0.05, 0) is 99.1 Å². The van der Waals surface area contributed by atoms with Crippen LogP contribution < -0.4 is 10.6 Å². The van der Waals surface area contributed by atoms with Crippen LogP contribution in [0.2, 0.25) is 0 Å². The standard InChI is InChI=1S/C40H44N8O6/c1-53-39(51)45-33(26-14-15-26)37(49)47-19-3-5-31(47)35-41-22-30(44-35)25-12-9-23(10-13-25)7-8-24-11-18-28-29(21-24)43-36(42-28)32-6-4-20-48(32)38(50)34(27-16-17-27)46-40(52)54-2/h9-13,18,21-22,26-27,31-34H,3-6,14-17,19-20H2,1-2H3,(H,41,44)(H,42,43)(H,45,51)(H,46,52). The SMILES string of the molecule is COC(=O)NC(C(=O)N1CCCC1c1ncc(-c2ccc(C#Cc3ccc4nc(C5CCCN5C(=O)C(NC(=O)OC)C5CC5)[nH]c4c3)cc2)[nH]1)C1CC1. The lowest BCUT2D eigenvalue weighted by molar-refractivity contribution is -0.135. The fraction of sp³-hybridized carbons (Fsp3) is 0.450. The largest absolute Gasteiger partial charge is 0.453 e. The fourth-order valence-electron chi connectivity index (χ4n) is 7.78. The second kappa shape index (κ2) is 14.9. The van der Waals surface area contributed by atoms with Crippen molar-refractivity contribution in [3.63, 3.8) is 0 Å². The number of fused-ring (bicyclic) bond motifs is 1. The van der Waals surface area contributed by atoms with E-state index in [1.807, 2.05) is 52.3 Å². The molecule has 280 valence electrons. The van der Waals surface area contributed by atoms with Gasteiger partial charge in [-0.25, -0.2) is 19.6 Å². The molecule has 4 N–H and O–H groups in total. The van der Waals surface area contributed by atoms with Gasteiger partial charge < -0.3 is 39.9 Å². The van der Waals surface area contributed by atoms with E-state index in [0.29, 0.717) is 13.1 Å². The number of carbonyl (C=O) groups excluding carboxylic acids is 4. The third-order valence-corrected chi connectivity index (χ3v) is 11.0. The predicted octanol–water partition coefficient (Wildman–Crippen LogP) is 4.95. The van der Waals surface area contributed by atoms with Gasteiger partial charge in [0.15, 0.2) is 0 Å². The van der Waals surface area contributed by atoms with Gasteiger partial charge in [-0.2, -0.15) is 0 Å². The van der Waals surface area contributed by atoms with Crippen LogP contribution in [0.5, 0.6) is 0 Å². The molecule has 4 aromatic rings. The Labute approximate surface area is 312 Å². The molecule has 4 unspecified atom stereocenters. The maximum Gasteiger partial charge on any atom is 0.407 e. The lowest BCUT2D eigenvalue weighted by atomic mass is 10.1. The summed E-state index contributed by atoms with van der Waals surface area (Å²) in [6.07, 6.45) is 7.57. The Hall–Kier alpha value is -5.84. The number of nitrogens with zero attached hydrogens (tertiary/aromatic N) is 4. The van der Waals surface area contributed by atoms with Gasteiger partial charge in [-0.15, -0.1) is 0 Å². The molecule has 2 aromatic carbocycles. The summed E-state index contributed by atoms with van der Waals surface area (Å²) in [5.74, 6) is 8.10. The smallest absolute Gasteiger partial charge is 0.407 e. The third-order valence-electron chi connectivity index (χ3n) is 11.0. The van der Waals surface area contributed by atoms with Gasteiger partial charge in [0.25, 0.3) is 0 Å². The molecule has 4 fully saturated rings. The summed E-state index contributed by atoms with van der Waals surface area (Å²) in [7, 11) is 2.61. The molecule has 4 atom stereocenters. The van der Waals surface area contributed by atoms with Crippen molar-refractivity contribution in [2.24, 2.45) is 11.8 Å². The molecule has 4 heterocycles. The molecule has 4 aliphatic rings. The lowest BCUT2D eigenvalue weighted by Gasteiger charge is -2.28. The highest BCUT2D eigenvalue weighted by atomic mass is 16.5. The highest BCUT2D eigenvalue weighted by molar-refractivity contribution is 5.88. The van der Waals surface area contributed by atoms with Crippen molar-refractivity contribution in [2.45, 2.75) is 75.5 Å². The Kier molecular flexibility index (Phi) is 9.70. The minimum atomic E-state index is -0.589. The number of methoxy groups -OCH3 is 2. The van der Waals surface area contributed by atoms with Crippen molar-refractivity contribution in [2.75, 3.05) is 27.3 Å². The quantitative estimate of drug-likeness (QED) is 0.175. The van der Waals surface area contributed by atoms with E-state index in [4.69, 9.17) is 14.5 Å². The van der Waals surface area contributed by atoms with Crippen LogP contribution in [0.1, 0.15) is 86.2 Å². The molecule has 0 spiro atoms. The molecular weight excluding hydrogens is 688 g/mol. The van der Waals surface area contributed by atoms with Crippen LogP contribution in [0.15, 0.2) is 48.7 Å². The molecule has 2 saturated heterocycles. The number of aromatic nitrogens is 4. The van der Waals surface area contributed by atoms with Crippen LogP contribution in [0, 0.1) is 23.7 Å². The average Bonchev–Trinajstić information content (AvgIpc) is 3.94. The minimum Gasteiger partial charge on any atom is -0.453 e. The maximum atomic E-state index is 13.6. The summed E-state index contributed by atoms with van der Waals surface area (Å²) in [5.41, 5.74) is 5.13. The van der Waals surface area contributed by atoms with Crippen LogP contribution >= 0.6 is 0 Å². The first-order valence-electron chi connectivity index (χ1n) is 18.8. The molecule has 2 aromatic heterocycles. The van der Waals surface area contributed by atoms with Crippen LogP contribution in [-0.4, -0.2) is 93.1 Å². The van der Waals surface area contributed by atoms with E-state index in [-0.39, 0.29) is 35.7 Å². The second-order valence-electron chi connectivity index (χ2n) is 14.6. The number of imidazole rings is 2. The summed E-state index contributed by atoms with van der Waals surface area (Å²) in [5, 5.41) is 5.50. The third kappa shape index (κ3) is 7.35. The predicted molar refractivity (Wildman–Crippen MR) is 198 cm³/mol. The summed E-state index contributed by atoms with van der Waals surface area (Å²) < 4.78 is 9.55. The minimum absolute atomic E-state index is 0.0842. The van der Waals surface area contributed by atoms with Crippen molar-refractivity contribution in [1.82, 2.24) is 40.4 Å². The average molecular weight is 733 g/mol. The van der Waals surface area contributed by atoms with E-state index in [2.05, 4.69) is 37.4 Å². The number of H-pyrrole nitrogens is 2. The number of benzene rings is 2. The van der Waals surface area contributed by atoms with Crippen LogP contribution in [0.25, 0.3) is 22.3 Å². The van der Waals surface area contributed by atoms with Gasteiger partial charge in [0.1, 0.15) is 23.7 Å². The topological polar surface area (TPSA) is 175 Å². The Morgan fingerprint density at radius 3 is 1.87 bits per heavy atom. The van der Waals surface area contributed by atoms with Gasteiger partial charge in [-0.1, -0.05) is 24.0 Å². The Balaban J connectivity index is 0.923. The number of ether oxygens (including phenoxy) is 2. The Morgan fingerprint density at radius 1 is 0.741 bits per heavy atom. The van der Waals surface area contributed by atoms with E-state index < -0.39 is 24.3 Å². The van der Waals surface area contributed by atoms with E-state index in [0.717, 1.165) is 96.4 Å². The molecule has 0 radical (unpaired) electrons. The van der Waals surface area contributed by atoms with Crippen molar-refractivity contribution >= 4 is 35.0 Å². The first-order valence-corrected chi connectivity index (χ1v) is 18.8. The van der Waals surface area contributed by atoms with Crippen LogP contribution in [0.4, 0.5) is 9.59 Å². The molecule has 54 heavy (non-hydrogen) atoms.